The van der Waals surface area contributed by atoms with Crippen LogP contribution in [0, 0.1) is 18.7 Å². The summed E-state index contributed by atoms with van der Waals surface area (Å²) in [6.45, 7) is 2.02. The lowest BCUT2D eigenvalue weighted by molar-refractivity contribution is 0.230. The Labute approximate surface area is 144 Å². The van der Waals surface area contributed by atoms with Gasteiger partial charge >= 0.3 is 6.03 Å². The highest BCUT2D eigenvalue weighted by molar-refractivity contribution is 7.11. The average molecular weight is 345 g/mol. The SMILES string of the molecule is Cc1cnc([C@@H](NC(=O)NC2(c3cccc(F)c3)CC2)C2CC2)s1. The van der Waals surface area contributed by atoms with E-state index in [1.54, 1.807) is 17.4 Å². The molecule has 2 aromatic rings. The molecule has 0 radical (unpaired) electrons. The number of nitrogens with zero attached hydrogens (tertiary/aromatic N) is 1. The lowest BCUT2D eigenvalue weighted by atomic mass is 10.1. The van der Waals surface area contributed by atoms with Crippen molar-refractivity contribution in [3.05, 3.63) is 51.7 Å². The number of nitrogens with one attached hydrogen (secondary N) is 2. The lowest BCUT2D eigenvalue weighted by Crippen LogP contribution is -2.44. The number of hydrogen-bond donors (Lipinski definition) is 2. The van der Waals surface area contributed by atoms with Crippen molar-refractivity contribution < 1.29 is 9.18 Å². The molecule has 1 aromatic heterocycles. The summed E-state index contributed by atoms with van der Waals surface area (Å²) in [5.74, 6) is 0.209. The summed E-state index contributed by atoms with van der Waals surface area (Å²) in [7, 11) is 0. The maximum absolute atomic E-state index is 13.5. The molecule has 1 atom stereocenters. The normalized spacial score (nSPS) is 19.6. The van der Waals surface area contributed by atoms with E-state index < -0.39 is 5.54 Å². The third-order valence-electron chi connectivity index (χ3n) is 4.77. The van der Waals surface area contributed by atoms with Crippen LogP contribution in [0.5, 0.6) is 0 Å². The van der Waals surface area contributed by atoms with Crippen molar-refractivity contribution in [3.8, 4) is 0 Å². The highest BCUT2D eigenvalue weighted by Gasteiger charge is 2.46. The Hall–Kier alpha value is -1.95. The van der Waals surface area contributed by atoms with Gasteiger partial charge in [0.2, 0.25) is 0 Å². The van der Waals surface area contributed by atoms with Crippen LogP contribution in [0.2, 0.25) is 0 Å². The van der Waals surface area contributed by atoms with Gasteiger partial charge in [0.25, 0.3) is 0 Å². The topological polar surface area (TPSA) is 54.0 Å². The molecule has 4 nitrogen and oxygen atoms in total. The quantitative estimate of drug-likeness (QED) is 0.859. The number of hydrogen-bond acceptors (Lipinski definition) is 3. The monoisotopic (exact) mass is 345 g/mol. The summed E-state index contributed by atoms with van der Waals surface area (Å²) in [4.78, 5) is 18.1. The summed E-state index contributed by atoms with van der Waals surface area (Å²) in [5.41, 5.74) is 0.421. The highest BCUT2D eigenvalue weighted by atomic mass is 32.1. The second-order valence-corrected chi connectivity index (χ2v) is 8.08. The minimum Gasteiger partial charge on any atom is -0.329 e. The second-order valence-electron chi connectivity index (χ2n) is 6.82. The van der Waals surface area contributed by atoms with E-state index in [1.807, 2.05) is 19.2 Å². The number of thiazole rings is 1. The first kappa shape index (κ1) is 15.6. The predicted molar refractivity (Wildman–Crippen MR) is 91.3 cm³/mol. The smallest absolute Gasteiger partial charge is 0.316 e. The third kappa shape index (κ3) is 3.15. The van der Waals surface area contributed by atoms with Gasteiger partial charge in [-0.15, -0.1) is 11.3 Å². The maximum Gasteiger partial charge on any atom is 0.316 e. The first-order valence-corrected chi connectivity index (χ1v) is 9.14. The molecule has 0 unspecified atom stereocenters. The zero-order chi connectivity index (χ0) is 16.7. The van der Waals surface area contributed by atoms with Gasteiger partial charge in [-0.25, -0.2) is 14.2 Å². The zero-order valence-corrected chi connectivity index (χ0v) is 14.3. The summed E-state index contributed by atoms with van der Waals surface area (Å²) in [5, 5.41) is 7.13. The van der Waals surface area contributed by atoms with Gasteiger partial charge in [-0.2, -0.15) is 0 Å². The molecule has 2 aliphatic rings. The molecule has 24 heavy (non-hydrogen) atoms. The number of urea groups is 1. The molecule has 0 bridgehead atoms. The molecule has 1 heterocycles. The summed E-state index contributed by atoms with van der Waals surface area (Å²) >= 11 is 1.63. The third-order valence-corrected chi connectivity index (χ3v) is 5.76. The fourth-order valence-corrected chi connectivity index (χ4v) is 4.04. The molecule has 4 rings (SSSR count). The van der Waals surface area contributed by atoms with Gasteiger partial charge < -0.3 is 10.6 Å². The molecule has 6 heteroatoms. The molecule has 0 aliphatic heterocycles. The zero-order valence-electron chi connectivity index (χ0n) is 13.5. The van der Waals surface area contributed by atoms with Crippen LogP contribution >= 0.6 is 11.3 Å². The standard InChI is InChI=1S/C18H20FN3OS/c1-11-10-20-16(24-11)15(12-5-6-12)21-17(23)22-18(7-8-18)13-3-2-4-14(19)9-13/h2-4,9-10,12,15H,5-8H2,1H3,(H2,21,22,23)/t15-/m0/s1. The van der Waals surface area contributed by atoms with E-state index in [1.165, 1.54) is 12.1 Å². The first-order chi connectivity index (χ1) is 11.6. The van der Waals surface area contributed by atoms with E-state index in [2.05, 4.69) is 15.6 Å². The molecular weight excluding hydrogens is 325 g/mol. The van der Waals surface area contributed by atoms with Crippen LogP contribution in [0.3, 0.4) is 0 Å². The van der Waals surface area contributed by atoms with Gasteiger partial charge in [-0.1, -0.05) is 12.1 Å². The average Bonchev–Trinajstić information content (AvgIpc) is 3.46. The fraction of sp³-hybridized carbons (Fsp3) is 0.444. The molecule has 2 saturated carbocycles. The Morgan fingerprint density at radius 1 is 1.42 bits per heavy atom. The Balaban J connectivity index is 1.46. The first-order valence-electron chi connectivity index (χ1n) is 8.33. The van der Waals surface area contributed by atoms with E-state index in [-0.39, 0.29) is 17.9 Å². The Morgan fingerprint density at radius 2 is 2.21 bits per heavy atom. The Bertz CT molecular complexity index is 767. The molecule has 1 aromatic carbocycles. The van der Waals surface area contributed by atoms with Crippen molar-refractivity contribution in [2.45, 2.75) is 44.2 Å². The van der Waals surface area contributed by atoms with Crippen LogP contribution in [-0.2, 0) is 5.54 Å². The Morgan fingerprint density at radius 3 is 2.79 bits per heavy atom. The van der Waals surface area contributed by atoms with Crippen LogP contribution in [0.1, 0.15) is 47.2 Å². The molecular formula is C18H20FN3OS. The molecule has 2 fully saturated rings. The van der Waals surface area contributed by atoms with Gasteiger partial charge in [-0.3, -0.25) is 0 Å². The van der Waals surface area contributed by atoms with Crippen LogP contribution in [-0.4, -0.2) is 11.0 Å². The van der Waals surface area contributed by atoms with Crippen molar-refractivity contribution in [2.75, 3.05) is 0 Å². The minimum absolute atomic E-state index is 0.0213. The summed E-state index contributed by atoms with van der Waals surface area (Å²) in [6.07, 6.45) is 5.78. The van der Waals surface area contributed by atoms with Gasteiger partial charge in [0.15, 0.2) is 0 Å². The number of amides is 2. The molecule has 2 amide bonds. The fourth-order valence-electron chi connectivity index (χ4n) is 3.12. The van der Waals surface area contributed by atoms with Crippen LogP contribution in [0.25, 0.3) is 0 Å². The van der Waals surface area contributed by atoms with E-state index in [0.717, 1.165) is 41.1 Å². The van der Waals surface area contributed by atoms with Crippen LogP contribution in [0.15, 0.2) is 30.5 Å². The van der Waals surface area contributed by atoms with E-state index in [9.17, 15) is 9.18 Å². The van der Waals surface area contributed by atoms with E-state index in [0.29, 0.717) is 5.92 Å². The number of aryl methyl sites for hydroxylation is 1. The maximum atomic E-state index is 13.5. The highest BCUT2D eigenvalue weighted by Crippen LogP contribution is 2.46. The number of carbonyl (C=O) groups is 1. The largest absolute Gasteiger partial charge is 0.329 e. The number of rotatable bonds is 5. The van der Waals surface area contributed by atoms with E-state index in [4.69, 9.17) is 0 Å². The minimum atomic E-state index is -0.418. The number of halogens is 1. The van der Waals surface area contributed by atoms with Gasteiger partial charge in [0.05, 0.1) is 11.6 Å². The summed E-state index contributed by atoms with van der Waals surface area (Å²) in [6, 6.07) is 6.28. The molecule has 2 N–H and O–H groups in total. The molecule has 2 aliphatic carbocycles. The number of aromatic nitrogens is 1. The second kappa shape index (κ2) is 5.84. The van der Waals surface area contributed by atoms with Gasteiger partial charge in [0.1, 0.15) is 10.8 Å². The van der Waals surface area contributed by atoms with Crippen molar-refractivity contribution in [2.24, 2.45) is 5.92 Å². The molecule has 126 valence electrons. The molecule has 0 spiro atoms. The van der Waals surface area contributed by atoms with Crippen LogP contribution < -0.4 is 10.6 Å². The van der Waals surface area contributed by atoms with Crippen molar-refractivity contribution >= 4 is 17.4 Å². The van der Waals surface area contributed by atoms with Crippen LogP contribution in [0.4, 0.5) is 9.18 Å². The lowest BCUT2D eigenvalue weighted by Gasteiger charge is -2.22. The van der Waals surface area contributed by atoms with E-state index >= 15 is 0 Å². The van der Waals surface area contributed by atoms with Crippen molar-refractivity contribution in [1.82, 2.24) is 15.6 Å². The van der Waals surface area contributed by atoms with Crippen molar-refractivity contribution in [1.29, 1.82) is 0 Å². The van der Waals surface area contributed by atoms with Gasteiger partial charge in [-0.05, 0) is 56.2 Å². The number of carbonyl (C=O) groups excluding carboxylic acids is 1. The van der Waals surface area contributed by atoms with Crippen molar-refractivity contribution in [3.63, 3.8) is 0 Å². The van der Waals surface area contributed by atoms with Gasteiger partial charge in [0, 0.05) is 11.1 Å². The Kier molecular flexibility index (Phi) is 3.79. The predicted octanol–water partition coefficient (Wildman–Crippen LogP) is 4.03. The summed E-state index contributed by atoms with van der Waals surface area (Å²) < 4.78 is 13.5. The molecule has 0 saturated heterocycles. The number of benzene rings is 1.